The molecule has 2 aliphatic rings. The third-order valence-electron chi connectivity index (χ3n) is 5.61. The van der Waals surface area contributed by atoms with Crippen LogP contribution in [0, 0.1) is 5.92 Å². The normalized spacial score (nSPS) is 24.5. The van der Waals surface area contributed by atoms with Gasteiger partial charge in [-0.05, 0) is 38.0 Å². The molecule has 2 heterocycles. The summed E-state index contributed by atoms with van der Waals surface area (Å²) >= 11 is 1.96. The Labute approximate surface area is 172 Å². The lowest BCUT2D eigenvalue weighted by Crippen LogP contribution is -2.45. The first-order chi connectivity index (χ1) is 13.5. The highest BCUT2D eigenvalue weighted by Gasteiger charge is 2.42. The number of rotatable bonds is 13. The Morgan fingerprint density at radius 2 is 2.00 bits per heavy atom. The molecule has 2 rings (SSSR count). The summed E-state index contributed by atoms with van der Waals surface area (Å²) in [6, 6.07) is 0.182. The smallest absolute Gasteiger partial charge is 0.237 e. The average molecular weight is 413 g/mol. The van der Waals surface area contributed by atoms with Crippen LogP contribution in [0.1, 0.15) is 58.3 Å². The highest BCUT2D eigenvalue weighted by atomic mass is 32.2. The molecule has 0 saturated carbocycles. The van der Waals surface area contributed by atoms with Crippen molar-refractivity contribution in [3.05, 3.63) is 0 Å². The van der Waals surface area contributed by atoms with Crippen molar-refractivity contribution in [1.82, 2.24) is 21.3 Å². The molecule has 0 aromatic rings. The van der Waals surface area contributed by atoms with Crippen LogP contribution >= 0.6 is 11.8 Å². The average Bonchev–Trinajstić information content (AvgIpc) is 3.22. The number of hydrogen-bond donors (Lipinski definition) is 4. The molecule has 4 atom stereocenters. The Morgan fingerprint density at radius 1 is 1.21 bits per heavy atom. The van der Waals surface area contributed by atoms with Gasteiger partial charge in [-0.25, -0.2) is 0 Å². The number of nitrogens with one attached hydrogen (secondary N) is 4. The van der Waals surface area contributed by atoms with Crippen molar-refractivity contribution in [3.63, 3.8) is 0 Å². The van der Waals surface area contributed by atoms with Gasteiger partial charge in [0.25, 0.3) is 0 Å². The van der Waals surface area contributed by atoms with E-state index in [0.29, 0.717) is 43.1 Å². The van der Waals surface area contributed by atoms with E-state index in [2.05, 4.69) is 28.2 Å². The zero-order chi connectivity index (χ0) is 20.4. The Bertz CT molecular complexity index is 532. The summed E-state index contributed by atoms with van der Waals surface area (Å²) < 4.78 is 0. The summed E-state index contributed by atoms with van der Waals surface area (Å²) in [5.41, 5.74) is 0. The van der Waals surface area contributed by atoms with Gasteiger partial charge in [0.2, 0.25) is 17.7 Å². The van der Waals surface area contributed by atoms with Crippen LogP contribution in [0.25, 0.3) is 0 Å². The van der Waals surface area contributed by atoms with E-state index < -0.39 is 0 Å². The van der Waals surface area contributed by atoms with E-state index in [-0.39, 0.29) is 23.8 Å². The summed E-state index contributed by atoms with van der Waals surface area (Å²) in [5.74, 6) is 1.81. The zero-order valence-electron chi connectivity index (χ0n) is 17.2. The SMILES string of the molecule is CCCCC(NC)C(=O)NCCNC(=O)CCCCC1SCC2CC(=O)NC21. The predicted octanol–water partition coefficient (Wildman–Crippen LogP) is 1.18. The minimum atomic E-state index is -0.159. The third kappa shape index (κ3) is 7.28. The summed E-state index contributed by atoms with van der Waals surface area (Å²) in [5, 5.41) is 12.4. The fourth-order valence-corrected chi connectivity index (χ4v) is 5.60. The highest BCUT2D eigenvalue weighted by Crippen LogP contribution is 2.39. The molecule has 4 N–H and O–H groups in total. The van der Waals surface area contributed by atoms with Crippen LogP contribution < -0.4 is 21.3 Å². The van der Waals surface area contributed by atoms with Crippen molar-refractivity contribution in [3.8, 4) is 0 Å². The van der Waals surface area contributed by atoms with Crippen LogP contribution in [0.15, 0.2) is 0 Å². The number of carbonyl (C=O) groups is 3. The highest BCUT2D eigenvalue weighted by molar-refractivity contribution is 8.00. The lowest BCUT2D eigenvalue weighted by molar-refractivity contribution is -0.124. The van der Waals surface area contributed by atoms with E-state index in [4.69, 9.17) is 0 Å². The maximum absolute atomic E-state index is 12.0. The molecule has 0 radical (unpaired) electrons. The van der Waals surface area contributed by atoms with Crippen molar-refractivity contribution in [2.24, 2.45) is 5.92 Å². The molecule has 2 saturated heterocycles. The Kier molecular flexibility index (Phi) is 10.1. The van der Waals surface area contributed by atoms with Crippen LogP contribution in [0.4, 0.5) is 0 Å². The van der Waals surface area contributed by atoms with Gasteiger partial charge in [-0.3, -0.25) is 14.4 Å². The summed E-state index contributed by atoms with van der Waals surface area (Å²) in [4.78, 5) is 35.5. The summed E-state index contributed by atoms with van der Waals surface area (Å²) in [6.45, 7) is 3.02. The van der Waals surface area contributed by atoms with Crippen molar-refractivity contribution in [1.29, 1.82) is 0 Å². The molecule has 2 aliphatic heterocycles. The van der Waals surface area contributed by atoms with Gasteiger partial charge in [0, 0.05) is 37.2 Å². The topological polar surface area (TPSA) is 99.3 Å². The van der Waals surface area contributed by atoms with Crippen molar-refractivity contribution < 1.29 is 14.4 Å². The van der Waals surface area contributed by atoms with Crippen LogP contribution in [0.3, 0.4) is 0 Å². The van der Waals surface area contributed by atoms with Crippen LogP contribution in [0.2, 0.25) is 0 Å². The molecule has 7 nitrogen and oxygen atoms in total. The Hall–Kier alpha value is -1.28. The first-order valence-corrected chi connectivity index (χ1v) is 11.7. The van der Waals surface area contributed by atoms with Gasteiger partial charge < -0.3 is 21.3 Å². The van der Waals surface area contributed by atoms with Gasteiger partial charge in [-0.1, -0.05) is 26.2 Å². The molecule has 4 unspecified atom stereocenters. The second kappa shape index (κ2) is 12.3. The number of amides is 3. The van der Waals surface area contributed by atoms with Gasteiger partial charge in [0.05, 0.1) is 6.04 Å². The van der Waals surface area contributed by atoms with Gasteiger partial charge >= 0.3 is 0 Å². The Morgan fingerprint density at radius 3 is 2.75 bits per heavy atom. The third-order valence-corrected chi connectivity index (χ3v) is 7.19. The fourth-order valence-electron chi connectivity index (χ4n) is 3.95. The van der Waals surface area contributed by atoms with Crippen molar-refractivity contribution >= 4 is 29.5 Å². The van der Waals surface area contributed by atoms with Crippen LogP contribution in [0.5, 0.6) is 0 Å². The van der Waals surface area contributed by atoms with Gasteiger partial charge in [0.15, 0.2) is 0 Å². The minimum Gasteiger partial charge on any atom is -0.354 e. The monoisotopic (exact) mass is 412 g/mol. The molecule has 0 aromatic heterocycles. The molecule has 0 aliphatic carbocycles. The van der Waals surface area contributed by atoms with Crippen molar-refractivity contribution in [2.45, 2.75) is 75.6 Å². The quantitative estimate of drug-likeness (QED) is 0.341. The lowest BCUT2D eigenvalue weighted by Gasteiger charge is -2.17. The van der Waals surface area contributed by atoms with E-state index in [1.165, 1.54) is 0 Å². The predicted molar refractivity (Wildman–Crippen MR) is 113 cm³/mol. The first-order valence-electron chi connectivity index (χ1n) is 10.7. The van der Waals surface area contributed by atoms with E-state index in [1.807, 2.05) is 11.8 Å². The molecule has 0 aromatic carbocycles. The maximum atomic E-state index is 12.0. The molecule has 0 spiro atoms. The van der Waals surface area contributed by atoms with Crippen molar-refractivity contribution in [2.75, 3.05) is 25.9 Å². The second-order valence-corrected chi connectivity index (χ2v) is 9.07. The standard InChI is InChI=1S/C20H36N4O3S/c1-3-4-7-15(21-2)20(27)23-11-10-22-17(25)9-6-5-8-16-19-14(13-28-16)12-18(26)24-19/h14-16,19,21H,3-13H2,1-2H3,(H,22,25)(H,23,27)(H,24,26). The number of likely N-dealkylation sites (N-methyl/N-ethyl adjacent to an activating group) is 1. The number of hydrogen-bond acceptors (Lipinski definition) is 5. The molecule has 160 valence electrons. The summed E-state index contributed by atoms with van der Waals surface area (Å²) in [6.07, 6.45) is 7.03. The number of thioether (sulfide) groups is 1. The van der Waals surface area contributed by atoms with E-state index in [9.17, 15) is 14.4 Å². The van der Waals surface area contributed by atoms with E-state index in [1.54, 1.807) is 7.05 Å². The molecule has 2 fully saturated rings. The summed E-state index contributed by atoms with van der Waals surface area (Å²) in [7, 11) is 1.80. The molecular formula is C20H36N4O3S. The lowest BCUT2D eigenvalue weighted by atomic mass is 9.97. The Balaban J connectivity index is 1.49. The molecule has 0 bridgehead atoms. The second-order valence-electron chi connectivity index (χ2n) is 7.80. The van der Waals surface area contributed by atoms with Crippen LogP contribution in [-0.2, 0) is 14.4 Å². The van der Waals surface area contributed by atoms with Gasteiger partial charge in [-0.15, -0.1) is 0 Å². The first kappa shape index (κ1) is 23.0. The molecule has 28 heavy (non-hydrogen) atoms. The van der Waals surface area contributed by atoms with Gasteiger partial charge in [-0.2, -0.15) is 11.8 Å². The fraction of sp³-hybridized carbons (Fsp3) is 0.850. The molecule has 3 amide bonds. The number of unbranched alkanes of at least 4 members (excludes halogenated alkanes) is 2. The maximum Gasteiger partial charge on any atom is 0.237 e. The number of fused-ring (bicyclic) bond motifs is 1. The van der Waals surface area contributed by atoms with E-state index in [0.717, 1.165) is 44.3 Å². The number of carbonyl (C=O) groups excluding carboxylic acids is 3. The minimum absolute atomic E-state index is 0.00318. The van der Waals surface area contributed by atoms with Crippen LogP contribution in [-0.4, -0.2) is 60.9 Å². The zero-order valence-corrected chi connectivity index (χ0v) is 18.0. The molecule has 8 heteroatoms. The van der Waals surface area contributed by atoms with Gasteiger partial charge in [0.1, 0.15) is 0 Å². The largest absolute Gasteiger partial charge is 0.354 e. The molecular weight excluding hydrogens is 376 g/mol. The van der Waals surface area contributed by atoms with E-state index >= 15 is 0 Å².